The average Bonchev–Trinajstić information content (AvgIpc) is 2.70. The maximum atomic E-state index is 11.7. The summed E-state index contributed by atoms with van der Waals surface area (Å²) in [6.07, 6.45) is 1.50. The van der Waals surface area contributed by atoms with E-state index in [9.17, 15) is 13.2 Å². The fourth-order valence-electron chi connectivity index (χ4n) is 1.77. The van der Waals surface area contributed by atoms with Crippen molar-refractivity contribution >= 4 is 16.0 Å². The first-order chi connectivity index (χ1) is 7.99. The van der Waals surface area contributed by atoms with Gasteiger partial charge >= 0.3 is 5.97 Å². The number of furan rings is 1. The van der Waals surface area contributed by atoms with Crippen molar-refractivity contribution in [3.05, 3.63) is 23.7 Å². The van der Waals surface area contributed by atoms with Crippen LogP contribution in [0.4, 0.5) is 0 Å². The van der Waals surface area contributed by atoms with Crippen LogP contribution in [-0.2, 0) is 16.6 Å². The third-order valence-corrected chi connectivity index (χ3v) is 4.56. The average molecular weight is 259 g/mol. The molecule has 1 saturated heterocycles. The molecule has 1 aliphatic heterocycles. The van der Waals surface area contributed by atoms with Crippen LogP contribution in [0.5, 0.6) is 0 Å². The van der Waals surface area contributed by atoms with Crippen molar-refractivity contribution < 1.29 is 22.7 Å². The summed E-state index contributed by atoms with van der Waals surface area (Å²) in [5.74, 6) is -0.820. The standard InChI is InChI=1S/C10H13NO5S/c12-10(13)9-4-3-8(16-9)7-11-5-1-2-6-17(11,14)15/h3-4H,1-2,5-7H2,(H,12,13). The zero-order valence-electron chi connectivity index (χ0n) is 9.13. The van der Waals surface area contributed by atoms with Crippen LogP contribution in [0.3, 0.4) is 0 Å². The zero-order valence-corrected chi connectivity index (χ0v) is 9.94. The summed E-state index contributed by atoms with van der Waals surface area (Å²) in [5.41, 5.74) is 0. The van der Waals surface area contributed by atoms with E-state index in [1.54, 1.807) is 0 Å². The van der Waals surface area contributed by atoms with Crippen LogP contribution >= 0.6 is 0 Å². The zero-order chi connectivity index (χ0) is 12.5. The Kier molecular flexibility index (Phi) is 3.21. The van der Waals surface area contributed by atoms with E-state index >= 15 is 0 Å². The molecule has 0 amide bonds. The van der Waals surface area contributed by atoms with Crippen LogP contribution in [0, 0.1) is 0 Å². The molecule has 7 heteroatoms. The van der Waals surface area contributed by atoms with Gasteiger partial charge in [0, 0.05) is 6.54 Å². The van der Waals surface area contributed by atoms with Crippen LogP contribution in [-0.4, -0.2) is 36.1 Å². The minimum Gasteiger partial charge on any atom is -0.475 e. The Labute approximate surface area is 98.9 Å². The molecule has 6 nitrogen and oxygen atoms in total. The van der Waals surface area contributed by atoms with Crippen LogP contribution in [0.2, 0.25) is 0 Å². The lowest BCUT2D eigenvalue weighted by Gasteiger charge is -2.25. The van der Waals surface area contributed by atoms with E-state index in [0.717, 1.165) is 6.42 Å². The molecular formula is C10H13NO5S. The highest BCUT2D eigenvalue weighted by atomic mass is 32.2. The first-order valence-corrected chi connectivity index (χ1v) is 6.90. The topological polar surface area (TPSA) is 87.8 Å². The molecule has 0 spiro atoms. The number of carboxylic acids is 1. The minimum atomic E-state index is -3.21. The van der Waals surface area contributed by atoms with Crippen LogP contribution in [0.25, 0.3) is 0 Å². The van der Waals surface area contributed by atoms with Gasteiger partial charge in [-0.1, -0.05) is 0 Å². The Morgan fingerprint density at radius 3 is 2.76 bits per heavy atom. The lowest BCUT2D eigenvalue weighted by atomic mass is 10.3. The molecule has 0 unspecified atom stereocenters. The minimum absolute atomic E-state index is 0.107. The van der Waals surface area contributed by atoms with Crippen molar-refractivity contribution in [2.24, 2.45) is 0 Å². The van der Waals surface area contributed by atoms with Crippen molar-refractivity contribution in [3.63, 3.8) is 0 Å². The number of sulfonamides is 1. The Morgan fingerprint density at radius 2 is 2.18 bits per heavy atom. The summed E-state index contributed by atoms with van der Waals surface area (Å²) in [4.78, 5) is 10.6. The van der Waals surface area contributed by atoms with Gasteiger partial charge in [0.05, 0.1) is 12.3 Å². The van der Waals surface area contributed by atoms with Gasteiger partial charge in [-0.05, 0) is 25.0 Å². The van der Waals surface area contributed by atoms with E-state index in [-0.39, 0.29) is 18.1 Å². The molecule has 0 radical (unpaired) electrons. The third kappa shape index (κ3) is 2.67. The van der Waals surface area contributed by atoms with Gasteiger partial charge in [0.1, 0.15) is 5.76 Å². The van der Waals surface area contributed by atoms with Gasteiger partial charge in [0.2, 0.25) is 15.8 Å². The molecule has 94 valence electrons. The first kappa shape index (κ1) is 12.1. The molecule has 2 rings (SSSR count). The van der Waals surface area contributed by atoms with Gasteiger partial charge in [-0.15, -0.1) is 0 Å². The van der Waals surface area contributed by atoms with Gasteiger partial charge in [-0.3, -0.25) is 0 Å². The Hall–Kier alpha value is -1.34. The Balaban J connectivity index is 2.11. The van der Waals surface area contributed by atoms with E-state index in [2.05, 4.69) is 0 Å². The van der Waals surface area contributed by atoms with Crippen molar-refractivity contribution in [2.75, 3.05) is 12.3 Å². The smallest absolute Gasteiger partial charge is 0.371 e. The molecule has 1 aromatic heterocycles. The molecule has 1 aliphatic rings. The number of nitrogens with zero attached hydrogens (tertiary/aromatic N) is 1. The van der Waals surface area contributed by atoms with Crippen LogP contribution < -0.4 is 0 Å². The van der Waals surface area contributed by atoms with Gasteiger partial charge < -0.3 is 9.52 Å². The lowest BCUT2D eigenvalue weighted by Crippen LogP contribution is -2.37. The highest BCUT2D eigenvalue weighted by Gasteiger charge is 2.26. The summed E-state index contributed by atoms with van der Waals surface area (Å²) in [6, 6.07) is 2.82. The molecule has 2 heterocycles. The fourth-order valence-corrected chi connectivity index (χ4v) is 3.33. The number of carboxylic acid groups (broad SMARTS) is 1. The second kappa shape index (κ2) is 4.50. The molecule has 0 saturated carbocycles. The van der Waals surface area contributed by atoms with Crippen LogP contribution in [0.1, 0.15) is 29.2 Å². The predicted octanol–water partition coefficient (Wildman–Crippen LogP) is 0.903. The largest absolute Gasteiger partial charge is 0.475 e. The van der Waals surface area contributed by atoms with E-state index in [1.165, 1.54) is 16.4 Å². The van der Waals surface area contributed by atoms with Gasteiger partial charge in [0.15, 0.2) is 0 Å². The highest BCUT2D eigenvalue weighted by molar-refractivity contribution is 7.89. The number of hydrogen-bond donors (Lipinski definition) is 1. The molecular weight excluding hydrogens is 246 g/mol. The van der Waals surface area contributed by atoms with Gasteiger partial charge in [-0.25, -0.2) is 13.2 Å². The summed E-state index contributed by atoms with van der Waals surface area (Å²) in [5, 5.41) is 8.68. The van der Waals surface area contributed by atoms with E-state index in [1.807, 2.05) is 0 Å². The molecule has 17 heavy (non-hydrogen) atoms. The highest BCUT2D eigenvalue weighted by Crippen LogP contribution is 2.18. The number of hydrogen-bond acceptors (Lipinski definition) is 4. The monoisotopic (exact) mass is 259 g/mol. The first-order valence-electron chi connectivity index (χ1n) is 5.29. The fraction of sp³-hybridized carbons (Fsp3) is 0.500. The van der Waals surface area contributed by atoms with E-state index in [4.69, 9.17) is 9.52 Å². The van der Waals surface area contributed by atoms with Crippen molar-refractivity contribution in [1.29, 1.82) is 0 Å². The van der Waals surface area contributed by atoms with E-state index in [0.29, 0.717) is 18.7 Å². The maximum absolute atomic E-state index is 11.7. The molecule has 1 fully saturated rings. The molecule has 0 aromatic carbocycles. The molecule has 0 aliphatic carbocycles. The van der Waals surface area contributed by atoms with Crippen molar-refractivity contribution in [3.8, 4) is 0 Å². The molecule has 1 aromatic rings. The summed E-state index contributed by atoms with van der Waals surface area (Å²) in [7, 11) is -3.21. The molecule has 0 atom stereocenters. The lowest BCUT2D eigenvalue weighted by molar-refractivity contribution is 0.0659. The van der Waals surface area contributed by atoms with Crippen molar-refractivity contribution in [1.82, 2.24) is 4.31 Å². The SMILES string of the molecule is O=C(O)c1ccc(CN2CCCCS2(=O)=O)o1. The second-order valence-corrected chi connectivity index (χ2v) is 6.02. The summed E-state index contributed by atoms with van der Waals surface area (Å²) in [6.45, 7) is 0.570. The van der Waals surface area contributed by atoms with E-state index < -0.39 is 16.0 Å². The number of carbonyl (C=O) groups is 1. The van der Waals surface area contributed by atoms with Crippen LogP contribution in [0.15, 0.2) is 16.5 Å². The van der Waals surface area contributed by atoms with Gasteiger partial charge in [0.25, 0.3) is 0 Å². The third-order valence-electron chi connectivity index (χ3n) is 2.66. The summed E-state index contributed by atoms with van der Waals surface area (Å²) < 4.78 is 29.8. The molecule has 1 N–H and O–H groups in total. The number of aromatic carboxylic acids is 1. The second-order valence-electron chi connectivity index (χ2n) is 3.93. The maximum Gasteiger partial charge on any atom is 0.371 e. The number of rotatable bonds is 3. The van der Waals surface area contributed by atoms with Crippen molar-refractivity contribution in [2.45, 2.75) is 19.4 Å². The Morgan fingerprint density at radius 1 is 1.41 bits per heavy atom. The quantitative estimate of drug-likeness (QED) is 0.871. The Bertz CT molecular complexity index is 519. The summed E-state index contributed by atoms with van der Waals surface area (Å²) >= 11 is 0. The van der Waals surface area contributed by atoms with Gasteiger partial charge in [-0.2, -0.15) is 4.31 Å². The normalized spacial score (nSPS) is 20.2. The molecule has 0 bridgehead atoms. The predicted molar refractivity (Wildman–Crippen MR) is 59.1 cm³/mol.